The van der Waals surface area contributed by atoms with Crippen LogP contribution < -0.4 is 15.4 Å². The molecule has 0 radical (unpaired) electrons. The predicted molar refractivity (Wildman–Crippen MR) is 154 cm³/mol. The van der Waals surface area contributed by atoms with E-state index in [9.17, 15) is 18.8 Å². The average molecular weight is 584 g/mol. The lowest BCUT2D eigenvalue weighted by Crippen LogP contribution is -2.51. The molecular formula is C30H35ClFN5O4. The summed E-state index contributed by atoms with van der Waals surface area (Å²) < 4.78 is 22.3. The Morgan fingerprint density at radius 3 is 2.78 bits per heavy atom. The number of hydrogen-bond acceptors (Lipinski definition) is 5. The molecule has 2 bridgehead atoms. The molecule has 0 saturated heterocycles. The number of halogens is 2. The first-order valence-corrected chi connectivity index (χ1v) is 14.1. The maximum Gasteiger partial charge on any atom is 0.242 e. The molecule has 0 aliphatic carbocycles. The molecule has 9 nitrogen and oxygen atoms in total. The number of ether oxygens (including phenoxy) is 1. The third-order valence-electron chi connectivity index (χ3n) is 6.74. The van der Waals surface area contributed by atoms with Crippen LogP contribution in [0, 0.1) is 11.7 Å². The number of nitrogens with one attached hydrogen (secondary N) is 2. The maximum atomic E-state index is 14.4. The van der Waals surface area contributed by atoms with Crippen molar-refractivity contribution in [2.75, 3.05) is 26.2 Å². The number of fused-ring (bicyclic) bond motifs is 4. The van der Waals surface area contributed by atoms with Crippen molar-refractivity contribution >= 4 is 29.3 Å². The molecule has 2 heterocycles. The van der Waals surface area contributed by atoms with Crippen molar-refractivity contribution in [1.82, 2.24) is 25.1 Å². The van der Waals surface area contributed by atoms with Gasteiger partial charge in [-0.05, 0) is 43.0 Å². The van der Waals surface area contributed by atoms with E-state index in [0.717, 1.165) is 11.4 Å². The Morgan fingerprint density at radius 1 is 1.20 bits per heavy atom. The lowest BCUT2D eigenvalue weighted by Gasteiger charge is -2.25. The molecule has 2 aromatic carbocycles. The first-order valence-electron chi connectivity index (χ1n) is 13.7. The zero-order chi connectivity index (χ0) is 29.4. The minimum atomic E-state index is -0.776. The zero-order valence-electron chi connectivity index (χ0n) is 23.2. The fraction of sp³-hybridized carbons (Fsp3) is 0.400. The van der Waals surface area contributed by atoms with Crippen LogP contribution in [0.5, 0.6) is 5.75 Å². The highest BCUT2D eigenvalue weighted by Gasteiger charge is 2.25. The van der Waals surface area contributed by atoms with Gasteiger partial charge >= 0.3 is 0 Å². The van der Waals surface area contributed by atoms with Gasteiger partial charge in [-0.2, -0.15) is 0 Å². The van der Waals surface area contributed by atoms with Gasteiger partial charge in [0.05, 0.1) is 19.6 Å². The molecule has 3 amide bonds. The van der Waals surface area contributed by atoms with E-state index in [1.807, 2.05) is 48.9 Å². The van der Waals surface area contributed by atoms with E-state index >= 15 is 0 Å². The molecule has 41 heavy (non-hydrogen) atoms. The number of carbonyl (C=O) groups excluding carboxylic acids is 3. The van der Waals surface area contributed by atoms with Crippen molar-refractivity contribution in [3.8, 4) is 17.1 Å². The number of carbonyl (C=O) groups is 3. The van der Waals surface area contributed by atoms with Crippen molar-refractivity contribution < 1.29 is 23.5 Å². The predicted octanol–water partition coefficient (Wildman–Crippen LogP) is 3.84. The van der Waals surface area contributed by atoms with Gasteiger partial charge in [-0.25, -0.2) is 9.37 Å². The summed E-state index contributed by atoms with van der Waals surface area (Å²) in [6, 6.07) is 11.0. The van der Waals surface area contributed by atoms with Gasteiger partial charge in [0.1, 0.15) is 23.4 Å². The number of benzene rings is 2. The van der Waals surface area contributed by atoms with Crippen molar-refractivity contribution in [2.45, 2.75) is 45.7 Å². The second-order valence-electron chi connectivity index (χ2n) is 10.4. The van der Waals surface area contributed by atoms with Crippen molar-refractivity contribution in [1.29, 1.82) is 0 Å². The Hall–Kier alpha value is -3.92. The third kappa shape index (κ3) is 8.29. The van der Waals surface area contributed by atoms with E-state index in [1.165, 1.54) is 23.1 Å². The first kappa shape index (κ1) is 30.0. The second-order valence-corrected chi connectivity index (χ2v) is 10.8. The summed E-state index contributed by atoms with van der Waals surface area (Å²) in [5.41, 5.74) is 0.936. The van der Waals surface area contributed by atoms with Gasteiger partial charge in [-0.15, -0.1) is 0 Å². The fourth-order valence-corrected chi connectivity index (χ4v) is 4.95. The van der Waals surface area contributed by atoms with Crippen LogP contribution in [0.4, 0.5) is 4.39 Å². The highest BCUT2D eigenvalue weighted by Crippen LogP contribution is 2.23. The fourth-order valence-electron chi connectivity index (χ4n) is 4.72. The van der Waals surface area contributed by atoms with Crippen LogP contribution in [0.1, 0.15) is 32.3 Å². The molecule has 1 aliphatic rings. The first-order chi connectivity index (χ1) is 19.7. The van der Waals surface area contributed by atoms with Gasteiger partial charge in [-0.3, -0.25) is 14.4 Å². The Kier molecular flexibility index (Phi) is 10.3. The molecule has 11 heteroatoms. The van der Waals surface area contributed by atoms with Crippen LogP contribution in [0.3, 0.4) is 0 Å². The maximum absolute atomic E-state index is 14.4. The molecular weight excluding hydrogens is 549 g/mol. The Labute approximate surface area is 244 Å². The lowest BCUT2D eigenvalue weighted by molar-refractivity contribution is -0.136. The SMILES string of the molecule is CC(C)C[C@H]1NC(=O)CN(C(=O)Cc2c(F)cccc2Cl)CCCOc2cccc(c2)-c2nccn2CCNC1=O. The Bertz CT molecular complexity index is 1360. The Balaban J connectivity index is 1.57. The smallest absolute Gasteiger partial charge is 0.242 e. The monoisotopic (exact) mass is 583 g/mol. The normalized spacial score (nSPS) is 17.1. The van der Waals surface area contributed by atoms with E-state index in [2.05, 4.69) is 15.6 Å². The summed E-state index contributed by atoms with van der Waals surface area (Å²) in [6.07, 6.45) is 4.09. The standard InChI is InChI=1S/C30H35ClFN5O4/c1-20(2)16-26-30(40)34-11-14-36-13-10-33-29(36)21-6-3-7-22(17-21)41-15-5-12-37(19-27(38)35-26)28(39)18-23-24(31)8-4-9-25(23)32/h3-4,6-10,13,17,20,26H,5,11-12,14-16,18-19H2,1-2H3,(H,34,40)(H,35,38)/t26-/m1/s1. The molecule has 0 unspecified atom stereocenters. The summed E-state index contributed by atoms with van der Waals surface area (Å²) in [4.78, 5) is 45.4. The van der Waals surface area contributed by atoms with Crippen molar-refractivity contribution in [3.05, 3.63) is 71.3 Å². The third-order valence-corrected chi connectivity index (χ3v) is 7.09. The number of aromatic nitrogens is 2. The highest BCUT2D eigenvalue weighted by molar-refractivity contribution is 6.31. The molecule has 1 aliphatic heterocycles. The van der Waals surface area contributed by atoms with E-state index in [4.69, 9.17) is 16.3 Å². The minimum absolute atomic E-state index is 0.0718. The van der Waals surface area contributed by atoms with E-state index in [-0.39, 0.29) is 48.5 Å². The second kappa shape index (κ2) is 14.1. The van der Waals surface area contributed by atoms with Gasteiger partial charge in [0.2, 0.25) is 17.7 Å². The highest BCUT2D eigenvalue weighted by atomic mass is 35.5. The van der Waals surface area contributed by atoms with Crippen molar-refractivity contribution in [3.63, 3.8) is 0 Å². The number of hydrogen-bond donors (Lipinski definition) is 2. The molecule has 0 saturated carbocycles. The zero-order valence-corrected chi connectivity index (χ0v) is 24.0. The number of imidazole rings is 1. The molecule has 4 rings (SSSR count). The number of rotatable bonds is 4. The summed E-state index contributed by atoms with van der Waals surface area (Å²) >= 11 is 6.15. The van der Waals surface area contributed by atoms with Crippen molar-refractivity contribution in [2.24, 2.45) is 5.92 Å². The summed E-state index contributed by atoms with van der Waals surface area (Å²) in [7, 11) is 0. The van der Waals surface area contributed by atoms with Gasteiger partial charge in [0, 0.05) is 48.2 Å². The Morgan fingerprint density at radius 2 is 2.00 bits per heavy atom. The van der Waals surface area contributed by atoms with Crippen LogP contribution in [-0.2, 0) is 27.3 Å². The van der Waals surface area contributed by atoms with Crippen LogP contribution in [0.15, 0.2) is 54.9 Å². The summed E-state index contributed by atoms with van der Waals surface area (Å²) in [5.74, 6) is -0.325. The van der Waals surface area contributed by atoms with Gasteiger partial charge in [0.15, 0.2) is 0 Å². The topological polar surface area (TPSA) is 106 Å². The summed E-state index contributed by atoms with van der Waals surface area (Å²) in [5, 5.41) is 5.85. The van der Waals surface area contributed by atoms with E-state index in [1.54, 1.807) is 6.20 Å². The minimum Gasteiger partial charge on any atom is -0.494 e. The summed E-state index contributed by atoms with van der Waals surface area (Å²) in [6.45, 7) is 4.91. The largest absolute Gasteiger partial charge is 0.494 e. The van der Waals surface area contributed by atoms with Gasteiger partial charge in [0.25, 0.3) is 0 Å². The quantitative estimate of drug-likeness (QED) is 0.485. The van der Waals surface area contributed by atoms with Crippen LogP contribution in [0.2, 0.25) is 5.02 Å². The molecule has 2 N–H and O–H groups in total. The average Bonchev–Trinajstić information content (AvgIpc) is 3.40. The molecule has 0 fully saturated rings. The van der Waals surface area contributed by atoms with Crippen LogP contribution in [-0.4, -0.2) is 64.5 Å². The lowest BCUT2D eigenvalue weighted by atomic mass is 10.0. The molecule has 1 aromatic heterocycles. The molecule has 0 spiro atoms. The molecule has 3 aromatic rings. The van der Waals surface area contributed by atoms with E-state index < -0.39 is 23.7 Å². The van der Waals surface area contributed by atoms with Crippen LogP contribution in [0.25, 0.3) is 11.4 Å². The number of amides is 3. The molecule has 218 valence electrons. The van der Waals surface area contributed by atoms with Gasteiger partial charge < -0.3 is 24.8 Å². The van der Waals surface area contributed by atoms with Gasteiger partial charge in [-0.1, -0.05) is 43.6 Å². The van der Waals surface area contributed by atoms with E-state index in [0.29, 0.717) is 31.7 Å². The van der Waals surface area contributed by atoms with Crippen LogP contribution >= 0.6 is 11.6 Å². The number of nitrogens with zero attached hydrogens (tertiary/aromatic N) is 3. The molecule has 1 atom stereocenters.